The summed E-state index contributed by atoms with van der Waals surface area (Å²) in [4.78, 5) is 2.28. The summed E-state index contributed by atoms with van der Waals surface area (Å²) < 4.78 is 32.5. The molecule has 19 heavy (non-hydrogen) atoms. The van der Waals surface area contributed by atoms with E-state index in [0.717, 1.165) is 25.7 Å². The maximum atomic E-state index is 13.6. The molecule has 3 nitrogen and oxygen atoms in total. The van der Waals surface area contributed by atoms with E-state index in [0.29, 0.717) is 13.2 Å². The molecule has 0 saturated carbocycles. The van der Waals surface area contributed by atoms with Crippen molar-refractivity contribution in [2.24, 2.45) is 0 Å². The second kappa shape index (κ2) is 6.63. The SMILES string of the molecule is CCN1CCOC(CNc2cc(Br)c(F)cc2F)C1. The second-order valence-corrected chi connectivity index (χ2v) is 5.37. The molecule has 1 aliphatic rings. The van der Waals surface area contributed by atoms with Gasteiger partial charge in [-0.15, -0.1) is 0 Å². The summed E-state index contributed by atoms with van der Waals surface area (Å²) in [6.07, 6.45) is 0.0249. The number of likely N-dealkylation sites (N-methyl/N-ethyl adjacent to an activating group) is 1. The fourth-order valence-corrected chi connectivity index (χ4v) is 2.42. The Morgan fingerprint density at radius 2 is 2.21 bits per heavy atom. The fraction of sp³-hybridized carbons (Fsp3) is 0.538. The van der Waals surface area contributed by atoms with Gasteiger partial charge in [-0.3, -0.25) is 4.90 Å². The number of benzene rings is 1. The Balaban J connectivity index is 1.93. The van der Waals surface area contributed by atoms with E-state index in [1.54, 1.807) is 0 Å². The number of rotatable bonds is 4. The molecule has 1 unspecified atom stereocenters. The van der Waals surface area contributed by atoms with Crippen LogP contribution in [-0.2, 0) is 4.74 Å². The molecule has 1 N–H and O–H groups in total. The highest BCUT2D eigenvalue weighted by Crippen LogP contribution is 2.23. The van der Waals surface area contributed by atoms with Gasteiger partial charge in [0, 0.05) is 25.7 Å². The molecular formula is C13H17BrF2N2O. The molecule has 1 aliphatic heterocycles. The van der Waals surface area contributed by atoms with Crippen molar-refractivity contribution in [2.75, 3.05) is 38.1 Å². The predicted octanol–water partition coefficient (Wildman–Crippen LogP) is 2.86. The molecule has 1 saturated heterocycles. The minimum absolute atomic E-state index is 0.0249. The summed E-state index contributed by atoms with van der Waals surface area (Å²) in [6, 6.07) is 2.28. The molecule has 6 heteroatoms. The first-order valence-corrected chi connectivity index (χ1v) is 7.11. The smallest absolute Gasteiger partial charge is 0.149 e. The van der Waals surface area contributed by atoms with Crippen LogP contribution >= 0.6 is 15.9 Å². The summed E-state index contributed by atoms with van der Waals surface area (Å²) in [5, 5.41) is 2.97. The second-order valence-electron chi connectivity index (χ2n) is 4.51. The van der Waals surface area contributed by atoms with Crippen LogP contribution in [0.1, 0.15) is 6.92 Å². The first-order chi connectivity index (χ1) is 9.10. The average molecular weight is 335 g/mol. The van der Waals surface area contributed by atoms with E-state index in [1.165, 1.54) is 6.07 Å². The number of nitrogens with zero attached hydrogens (tertiary/aromatic N) is 1. The van der Waals surface area contributed by atoms with Gasteiger partial charge in [0.1, 0.15) is 11.6 Å². The monoisotopic (exact) mass is 334 g/mol. The van der Waals surface area contributed by atoms with Crippen LogP contribution in [-0.4, -0.2) is 43.8 Å². The standard InChI is InChI=1S/C13H17BrF2N2O/c1-2-18-3-4-19-9(8-18)7-17-13-5-10(14)11(15)6-12(13)16/h5-6,9,17H,2-4,7-8H2,1H3. The van der Waals surface area contributed by atoms with E-state index in [1.807, 2.05) is 0 Å². The fourth-order valence-electron chi connectivity index (χ4n) is 2.07. The predicted molar refractivity (Wildman–Crippen MR) is 74.4 cm³/mol. The van der Waals surface area contributed by atoms with Gasteiger partial charge in [0.25, 0.3) is 0 Å². The average Bonchev–Trinajstić information content (AvgIpc) is 2.41. The van der Waals surface area contributed by atoms with E-state index in [2.05, 4.69) is 33.1 Å². The Labute approximate surface area is 120 Å². The first-order valence-electron chi connectivity index (χ1n) is 6.32. The zero-order valence-electron chi connectivity index (χ0n) is 10.8. The lowest BCUT2D eigenvalue weighted by atomic mass is 10.2. The molecule has 2 rings (SSSR count). The van der Waals surface area contributed by atoms with Crippen LogP contribution in [0.15, 0.2) is 16.6 Å². The third-order valence-electron chi connectivity index (χ3n) is 3.20. The Bertz CT molecular complexity index is 445. The minimum atomic E-state index is -0.603. The zero-order chi connectivity index (χ0) is 13.8. The summed E-state index contributed by atoms with van der Waals surface area (Å²) in [5.74, 6) is -1.20. The van der Waals surface area contributed by atoms with Gasteiger partial charge in [0.05, 0.1) is 22.9 Å². The minimum Gasteiger partial charge on any atom is -0.380 e. The van der Waals surface area contributed by atoms with Crippen molar-refractivity contribution in [3.05, 3.63) is 28.2 Å². The van der Waals surface area contributed by atoms with Crippen molar-refractivity contribution in [3.63, 3.8) is 0 Å². The van der Waals surface area contributed by atoms with Crippen molar-refractivity contribution >= 4 is 21.6 Å². The van der Waals surface area contributed by atoms with E-state index < -0.39 is 11.6 Å². The molecule has 0 bridgehead atoms. The van der Waals surface area contributed by atoms with Crippen LogP contribution in [0.25, 0.3) is 0 Å². The summed E-state index contributed by atoms with van der Waals surface area (Å²) in [5.41, 5.74) is 0.283. The van der Waals surface area contributed by atoms with E-state index in [4.69, 9.17) is 4.74 Å². The largest absolute Gasteiger partial charge is 0.380 e. The highest BCUT2D eigenvalue weighted by atomic mass is 79.9. The third kappa shape index (κ3) is 3.87. The molecule has 1 atom stereocenters. The quantitative estimate of drug-likeness (QED) is 0.857. The van der Waals surface area contributed by atoms with Crippen LogP contribution in [0.3, 0.4) is 0 Å². The van der Waals surface area contributed by atoms with E-state index in [9.17, 15) is 8.78 Å². The highest BCUT2D eigenvalue weighted by molar-refractivity contribution is 9.10. The summed E-state index contributed by atoms with van der Waals surface area (Å²) in [7, 11) is 0. The molecule has 106 valence electrons. The van der Waals surface area contributed by atoms with Gasteiger partial charge in [-0.25, -0.2) is 8.78 Å². The van der Waals surface area contributed by atoms with Gasteiger partial charge in [-0.1, -0.05) is 6.92 Å². The number of anilines is 1. The molecule has 1 aromatic carbocycles. The van der Waals surface area contributed by atoms with E-state index >= 15 is 0 Å². The first kappa shape index (κ1) is 14.7. The summed E-state index contributed by atoms with van der Waals surface area (Å²) >= 11 is 3.05. The van der Waals surface area contributed by atoms with Gasteiger partial charge in [0.2, 0.25) is 0 Å². The number of morpholine rings is 1. The molecule has 0 aromatic heterocycles. The topological polar surface area (TPSA) is 24.5 Å². The molecule has 1 aromatic rings. The molecule has 1 heterocycles. The number of hydrogen-bond donors (Lipinski definition) is 1. The molecule has 1 fully saturated rings. The molecule has 0 amide bonds. The van der Waals surface area contributed by atoms with E-state index in [-0.39, 0.29) is 16.3 Å². The number of hydrogen-bond acceptors (Lipinski definition) is 3. The number of halogens is 3. The van der Waals surface area contributed by atoms with Crippen molar-refractivity contribution < 1.29 is 13.5 Å². The summed E-state index contributed by atoms with van der Waals surface area (Å²) in [6.45, 7) is 6.04. The lowest BCUT2D eigenvalue weighted by Crippen LogP contribution is -2.45. The number of ether oxygens (including phenoxy) is 1. The Morgan fingerprint density at radius 3 is 2.95 bits per heavy atom. The van der Waals surface area contributed by atoms with Gasteiger partial charge >= 0.3 is 0 Å². The van der Waals surface area contributed by atoms with Gasteiger partial charge in [-0.2, -0.15) is 0 Å². The van der Waals surface area contributed by atoms with Crippen molar-refractivity contribution in [1.29, 1.82) is 0 Å². The van der Waals surface area contributed by atoms with Crippen LogP contribution < -0.4 is 5.32 Å². The van der Waals surface area contributed by atoms with Crippen LogP contribution in [0.2, 0.25) is 0 Å². The van der Waals surface area contributed by atoms with Crippen molar-refractivity contribution in [1.82, 2.24) is 4.90 Å². The Morgan fingerprint density at radius 1 is 1.42 bits per heavy atom. The molecular weight excluding hydrogens is 318 g/mol. The van der Waals surface area contributed by atoms with Gasteiger partial charge in [-0.05, 0) is 28.5 Å². The Hall–Kier alpha value is -0.720. The lowest BCUT2D eigenvalue weighted by molar-refractivity contribution is -0.0192. The molecule has 0 radical (unpaired) electrons. The van der Waals surface area contributed by atoms with Crippen LogP contribution in [0.4, 0.5) is 14.5 Å². The Kier molecular flexibility index (Phi) is 5.13. The van der Waals surface area contributed by atoms with Gasteiger partial charge < -0.3 is 10.1 Å². The lowest BCUT2D eigenvalue weighted by Gasteiger charge is -2.32. The van der Waals surface area contributed by atoms with Crippen LogP contribution in [0.5, 0.6) is 0 Å². The zero-order valence-corrected chi connectivity index (χ0v) is 12.3. The van der Waals surface area contributed by atoms with Crippen molar-refractivity contribution in [3.8, 4) is 0 Å². The molecule has 0 spiro atoms. The maximum absolute atomic E-state index is 13.6. The van der Waals surface area contributed by atoms with Crippen molar-refractivity contribution in [2.45, 2.75) is 13.0 Å². The maximum Gasteiger partial charge on any atom is 0.149 e. The van der Waals surface area contributed by atoms with Gasteiger partial charge in [0.15, 0.2) is 0 Å². The highest BCUT2D eigenvalue weighted by Gasteiger charge is 2.19. The number of nitrogens with one attached hydrogen (secondary N) is 1. The molecule has 0 aliphatic carbocycles. The van der Waals surface area contributed by atoms with Crippen LogP contribution in [0, 0.1) is 11.6 Å². The third-order valence-corrected chi connectivity index (χ3v) is 3.81. The normalized spacial score (nSPS) is 20.5.